The van der Waals surface area contributed by atoms with Crippen molar-refractivity contribution in [2.75, 3.05) is 5.43 Å². The highest BCUT2D eigenvalue weighted by Crippen LogP contribution is 2.29. The molecule has 2 heterocycles. The molecule has 0 aromatic carbocycles. The number of anilines is 1. The minimum absolute atomic E-state index is 0.277. The molecular weight excluding hydrogens is 262 g/mol. The Balaban J connectivity index is 2.62. The minimum Gasteiger partial charge on any atom is -0.308 e. The lowest BCUT2D eigenvalue weighted by Crippen LogP contribution is -2.15. The lowest BCUT2D eigenvalue weighted by molar-refractivity contribution is 0.831. The van der Waals surface area contributed by atoms with Gasteiger partial charge in [0.15, 0.2) is 5.82 Å². The molecule has 19 heavy (non-hydrogen) atoms. The smallest absolute Gasteiger partial charge is 0.182 e. The summed E-state index contributed by atoms with van der Waals surface area (Å²) in [4.78, 5) is 13.1. The van der Waals surface area contributed by atoms with E-state index in [1.165, 1.54) is 0 Å². The second-order valence-electron chi connectivity index (χ2n) is 4.53. The Hall–Kier alpha value is -1.72. The Bertz CT molecular complexity index is 598. The Labute approximate surface area is 117 Å². The van der Waals surface area contributed by atoms with Gasteiger partial charge in [-0.15, -0.1) is 0 Å². The number of aryl methyl sites for hydroxylation is 1. The van der Waals surface area contributed by atoms with Crippen LogP contribution in [0.2, 0.25) is 5.02 Å². The summed E-state index contributed by atoms with van der Waals surface area (Å²) in [6.07, 6.45) is 1.66. The monoisotopic (exact) mass is 277 g/mol. The van der Waals surface area contributed by atoms with E-state index in [2.05, 4.69) is 34.2 Å². The number of nitrogen functional groups attached to an aromatic ring is 1. The highest BCUT2D eigenvalue weighted by Gasteiger charge is 2.16. The van der Waals surface area contributed by atoms with Gasteiger partial charge in [-0.05, 0) is 25.0 Å². The first-order chi connectivity index (χ1) is 9.04. The van der Waals surface area contributed by atoms with Crippen LogP contribution in [0.5, 0.6) is 0 Å². The fourth-order valence-corrected chi connectivity index (χ4v) is 2.24. The van der Waals surface area contributed by atoms with Crippen LogP contribution < -0.4 is 11.3 Å². The Morgan fingerprint density at radius 1 is 1.32 bits per heavy atom. The predicted octanol–water partition coefficient (Wildman–Crippen LogP) is 2.91. The number of nitrogens with zero attached hydrogens (tertiary/aromatic N) is 3. The summed E-state index contributed by atoms with van der Waals surface area (Å²) in [6.45, 7) is 6.07. The maximum absolute atomic E-state index is 6.11. The Morgan fingerprint density at radius 3 is 2.63 bits per heavy atom. The zero-order valence-corrected chi connectivity index (χ0v) is 11.9. The quantitative estimate of drug-likeness (QED) is 0.666. The average molecular weight is 278 g/mol. The summed E-state index contributed by atoms with van der Waals surface area (Å²) in [5.41, 5.74) is 5.05. The van der Waals surface area contributed by atoms with Crippen molar-refractivity contribution in [1.82, 2.24) is 15.0 Å². The second kappa shape index (κ2) is 5.50. The van der Waals surface area contributed by atoms with Gasteiger partial charge in [0.25, 0.3) is 0 Å². The SMILES string of the molecule is Cc1nc(-c2ncccc2Cl)nc(NN)c1C(C)C. The van der Waals surface area contributed by atoms with Gasteiger partial charge in [-0.2, -0.15) is 0 Å². The third-order valence-corrected chi connectivity index (χ3v) is 3.13. The lowest BCUT2D eigenvalue weighted by Gasteiger charge is -2.15. The third kappa shape index (κ3) is 2.67. The molecule has 3 N–H and O–H groups in total. The van der Waals surface area contributed by atoms with Crippen LogP contribution in [0.3, 0.4) is 0 Å². The van der Waals surface area contributed by atoms with Gasteiger partial charge in [0.05, 0.1) is 5.02 Å². The molecular formula is C13H16ClN5. The topological polar surface area (TPSA) is 76.7 Å². The zero-order chi connectivity index (χ0) is 14.0. The highest BCUT2D eigenvalue weighted by atomic mass is 35.5. The van der Waals surface area contributed by atoms with E-state index in [9.17, 15) is 0 Å². The van der Waals surface area contributed by atoms with Crippen molar-refractivity contribution in [1.29, 1.82) is 0 Å². The van der Waals surface area contributed by atoms with Crippen molar-refractivity contribution in [2.45, 2.75) is 26.7 Å². The van der Waals surface area contributed by atoms with Crippen LogP contribution in [0.25, 0.3) is 11.5 Å². The molecule has 100 valence electrons. The van der Waals surface area contributed by atoms with Gasteiger partial charge in [-0.1, -0.05) is 25.4 Å². The molecule has 0 aliphatic rings. The number of hydrogen-bond donors (Lipinski definition) is 2. The van der Waals surface area contributed by atoms with Crippen LogP contribution in [0.4, 0.5) is 5.82 Å². The molecule has 0 atom stereocenters. The van der Waals surface area contributed by atoms with E-state index < -0.39 is 0 Å². The molecule has 2 aromatic heterocycles. The molecule has 0 bridgehead atoms. The first-order valence-electron chi connectivity index (χ1n) is 6.00. The van der Waals surface area contributed by atoms with E-state index in [4.69, 9.17) is 17.4 Å². The Morgan fingerprint density at radius 2 is 2.05 bits per heavy atom. The fraction of sp³-hybridized carbons (Fsp3) is 0.308. The number of rotatable bonds is 3. The van der Waals surface area contributed by atoms with Crippen LogP contribution in [-0.2, 0) is 0 Å². The molecule has 0 saturated heterocycles. The molecule has 6 heteroatoms. The summed E-state index contributed by atoms with van der Waals surface area (Å²) in [5.74, 6) is 6.91. The van der Waals surface area contributed by atoms with Crippen LogP contribution in [0.1, 0.15) is 31.0 Å². The number of nitrogens with two attached hydrogens (primary N) is 1. The molecule has 0 spiro atoms. The van der Waals surface area contributed by atoms with Crippen molar-refractivity contribution in [3.63, 3.8) is 0 Å². The fourth-order valence-electron chi connectivity index (χ4n) is 2.04. The van der Waals surface area contributed by atoms with Gasteiger partial charge < -0.3 is 5.43 Å². The standard InChI is InChI=1S/C13H16ClN5/c1-7(2)10-8(3)17-13(18-12(10)19-15)11-9(14)5-4-6-16-11/h4-7H,15H2,1-3H3,(H,17,18,19). The van der Waals surface area contributed by atoms with Gasteiger partial charge in [-0.25, -0.2) is 15.8 Å². The van der Waals surface area contributed by atoms with Crippen LogP contribution in [-0.4, -0.2) is 15.0 Å². The number of halogens is 1. The normalized spacial score (nSPS) is 10.8. The first-order valence-corrected chi connectivity index (χ1v) is 6.38. The average Bonchev–Trinajstić information content (AvgIpc) is 2.37. The molecule has 5 nitrogen and oxygen atoms in total. The molecule has 2 rings (SSSR count). The molecule has 2 aromatic rings. The van der Waals surface area contributed by atoms with Gasteiger partial charge in [-0.3, -0.25) is 4.98 Å². The number of aromatic nitrogens is 3. The van der Waals surface area contributed by atoms with Crippen molar-refractivity contribution in [3.05, 3.63) is 34.6 Å². The molecule has 0 saturated carbocycles. The van der Waals surface area contributed by atoms with Crippen molar-refractivity contribution in [2.24, 2.45) is 5.84 Å². The van der Waals surface area contributed by atoms with Gasteiger partial charge in [0, 0.05) is 17.5 Å². The van der Waals surface area contributed by atoms with Crippen LogP contribution in [0.15, 0.2) is 18.3 Å². The van der Waals surface area contributed by atoms with E-state index in [0.29, 0.717) is 22.4 Å². The van der Waals surface area contributed by atoms with E-state index >= 15 is 0 Å². The van der Waals surface area contributed by atoms with Gasteiger partial charge in [0.1, 0.15) is 11.5 Å². The molecule has 0 unspecified atom stereocenters. The maximum atomic E-state index is 6.11. The molecule has 0 fully saturated rings. The second-order valence-corrected chi connectivity index (χ2v) is 4.93. The van der Waals surface area contributed by atoms with Gasteiger partial charge in [0.2, 0.25) is 0 Å². The number of nitrogens with one attached hydrogen (secondary N) is 1. The molecule has 0 amide bonds. The van der Waals surface area contributed by atoms with Crippen molar-refractivity contribution < 1.29 is 0 Å². The summed E-state index contributed by atoms with van der Waals surface area (Å²) < 4.78 is 0. The summed E-state index contributed by atoms with van der Waals surface area (Å²) >= 11 is 6.11. The highest BCUT2D eigenvalue weighted by molar-refractivity contribution is 6.32. The summed E-state index contributed by atoms with van der Waals surface area (Å²) in [5, 5.41) is 0.516. The summed E-state index contributed by atoms with van der Waals surface area (Å²) in [6, 6.07) is 3.53. The van der Waals surface area contributed by atoms with E-state index in [1.807, 2.05) is 6.92 Å². The van der Waals surface area contributed by atoms with E-state index in [1.54, 1.807) is 18.3 Å². The van der Waals surface area contributed by atoms with Gasteiger partial charge >= 0.3 is 0 Å². The predicted molar refractivity (Wildman–Crippen MR) is 76.9 cm³/mol. The minimum atomic E-state index is 0.277. The summed E-state index contributed by atoms with van der Waals surface area (Å²) in [7, 11) is 0. The number of hydrogen-bond acceptors (Lipinski definition) is 5. The molecule has 0 aliphatic heterocycles. The zero-order valence-electron chi connectivity index (χ0n) is 11.1. The Kier molecular flexibility index (Phi) is 3.97. The largest absolute Gasteiger partial charge is 0.308 e. The van der Waals surface area contributed by atoms with Crippen molar-refractivity contribution >= 4 is 17.4 Å². The first kappa shape index (κ1) is 13.7. The van der Waals surface area contributed by atoms with Crippen LogP contribution >= 0.6 is 11.6 Å². The van der Waals surface area contributed by atoms with E-state index in [-0.39, 0.29) is 5.92 Å². The number of pyridine rings is 1. The molecule has 0 radical (unpaired) electrons. The maximum Gasteiger partial charge on any atom is 0.182 e. The number of hydrazine groups is 1. The van der Waals surface area contributed by atoms with E-state index in [0.717, 1.165) is 11.3 Å². The van der Waals surface area contributed by atoms with Crippen molar-refractivity contribution in [3.8, 4) is 11.5 Å². The molecule has 0 aliphatic carbocycles. The van der Waals surface area contributed by atoms with Crippen LogP contribution in [0, 0.1) is 6.92 Å². The lowest BCUT2D eigenvalue weighted by atomic mass is 10.0. The third-order valence-electron chi connectivity index (χ3n) is 2.82.